The van der Waals surface area contributed by atoms with Crippen LogP contribution in [0.25, 0.3) is 0 Å². The van der Waals surface area contributed by atoms with E-state index < -0.39 is 0 Å². The van der Waals surface area contributed by atoms with Crippen LogP contribution in [0.15, 0.2) is 30.3 Å². The normalized spacial score (nSPS) is 18.7. The maximum Gasteiger partial charge on any atom is 0.314 e. The molecule has 0 radical (unpaired) electrons. The second kappa shape index (κ2) is 7.41. The topological polar surface area (TPSA) is 41.6 Å². The predicted molar refractivity (Wildman–Crippen MR) is 79.7 cm³/mol. The van der Waals surface area contributed by atoms with E-state index in [9.17, 15) is 4.79 Å². The molecule has 1 aromatic carbocycles. The molecule has 0 bridgehead atoms. The van der Waals surface area contributed by atoms with Crippen LogP contribution in [-0.4, -0.2) is 50.7 Å². The SMILES string of the molecule is COC(=O)C(CNC1CCN(C)CC1)c1ccccc1. The number of nitrogens with one attached hydrogen (secondary N) is 1. The highest BCUT2D eigenvalue weighted by atomic mass is 16.5. The Bertz CT molecular complexity index is 414. The zero-order chi connectivity index (χ0) is 14.4. The average Bonchev–Trinajstić information content (AvgIpc) is 2.50. The van der Waals surface area contributed by atoms with E-state index in [0.29, 0.717) is 12.6 Å². The van der Waals surface area contributed by atoms with Crippen LogP contribution in [0.2, 0.25) is 0 Å². The molecular weight excluding hydrogens is 252 g/mol. The summed E-state index contributed by atoms with van der Waals surface area (Å²) >= 11 is 0. The van der Waals surface area contributed by atoms with Crippen LogP contribution in [0, 0.1) is 0 Å². The molecule has 4 heteroatoms. The molecule has 2 rings (SSSR count). The van der Waals surface area contributed by atoms with Gasteiger partial charge in [0.1, 0.15) is 0 Å². The van der Waals surface area contributed by atoms with Crippen molar-refractivity contribution >= 4 is 5.97 Å². The van der Waals surface area contributed by atoms with Crippen LogP contribution >= 0.6 is 0 Å². The van der Waals surface area contributed by atoms with Crippen LogP contribution in [0.3, 0.4) is 0 Å². The lowest BCUT2D eigenvalue weighted by Crippen LogP contribution is -2.43. The van der Waals surface area contributed by atoms with Crippen molar-refractivity contribution in [3.8, 4) is 0 Å². The molecule has 0 saturated carbocycles. The van der Waals surface area contributed by atoms with Crippen molar-refractivity contribution in [1.82, 2.24) is 10.2 Å². The van der Waals surface area contributed by atoms with Crippen LogP contribution in [0.1, 0.15) is 24.3 Å². The summed E-state index contributed by atoms with van der Waals surface area (Å²) in [6.45, 7) is 2.88. The molecule has 0 spiro atoms. The van der Waals surface area contributed by atoms with E-state index in [1.165, 1.54) is 7.11 Å². The van der Waals surface area contributed by atoms with Crippen LogP contribution in [-0.2, 0) is 9.53 Å². The molecule has 110 valence electrons. The molecule has 1 N–H and O–H groups in total. The molecule has 1 heterocycles. The summed E-state index contributed by atoms with van der Waals surface area (Å²) in [7, 11) is 3.60. The number of piperidine rings is 1. The highest BCUT2D eigenvalue weighted by Crippen LogP contribution is 2.17. The van der Waals surface area contributed by atoms with Crippen molar-refractivity contribution in [3.63, 3.8) is 0 Å². The van der Waals surface area contributed by atoms with Gasteiger partial charge in [-0.3, -0.25) is 4.79 Å². The molecule has 0 aliphatic carbocycles. The Morgan fingerprint density at radius 3 is 2.60 bits per heavy atom. The third-order valence-corrected chi connectivity index (χ3v) is 4.02. The average molecular weight is 276 g/mol. The molecule has 0 amide bonds. The molecule has 0 aromatic heterocycles. The Morgan fingerprint density at radius 2 is 2.00 bits per heavy atom. The number of likely N-dealkylation sites (tertiary alicyclic amines) is 1. The first-order chi connectivity index (χ1) is 9.70. The van der Waals surface area contributed by atoms with Crippen molar-refractivity contribution in [1.29, 1.82) is 0 Å². The lowest BCUT2D eigenvalue weighted by molar-refractivity contribution is -0.142. The van der Waals surface area contributed by atoms with Gasteiger partial charge in [-0.15, -0.1) is 0 Å². The zero-order valence-corrected chi connectivity index (χ0v) is 12.3. The Hall–Kier alpha value is -1.39. The second-order valence-electron chi connectivity index (χ2n) is 5.47. The fourth-order valence-corrected chi connectivity index (χ4v) is 2.66. The number of hydrogen-bond acceptors (Lipinski definition) is 4. The van der Waals surface area contributed by atoms with Crippen molar-refractivity contribution < 1.29 is 9.53 Å². The Balaban J connectivity index is 1.93. The summed E-state index contributed by atoms with van der Waals surface area (Å²) in [5.74, 6) is -0.391. The predicted octanol–water partition coefficient (Wildman–Crippen LogP) is 1.63. The molecule has 1 unspecified atom stereocenters. The van der Waals surface area contributed by atoms with Gasteiger partial charge in [-0.1, -0.05) is 30.3 Å². The number of ether oxygens (including phenoxy) is 1. The second-order valence-corrected chi connectivity index (χ2v) is 5.47. The summed E-state index contributed by atoms with van der Waals surface area (Å²) in [6.07, 6.45) is 2.28. The van der Waals surface area contributed by atoms with Gasteiger partial charge in [-0.2, -0.15) is 0 Å². The summed E-state index contributed by atoms with van der Waals surface area (Å²) in [5.41, 5.74) is 1.01. The van der Waals surface area contributed by atoms with Gasteiger partial charge < -0.3 is 15.0 Å². The molecule has 1 aliphatic rings. The maximum atomic E-state index is 12.0. The summed E-state index contributed by atoms with van der Waals surface area (Å²) < 4.78 is 4.94. The molecule has 1 aliphatic heterocycles. The molecular formula is C16H24N2O2. The molecule has 1 fully saturated rings. The Kier molecular flexibility index (Phi) is 5.56. The van der Waals surface area contributed by atoms with Crippen LogP contribution < -0.4 is 5.32 Å². The van der Waals surface area contributed by atoms with Gasteiger partial charge in [-0.25, -0.2) is 0 Å². The number of carbonyl (C=O) groups is 1. The molecule has 1 atom stereocenters. The summed E-state index contributed by atoms with van der Waals surface area (Å²) in [5, 5.41) is 3.53. The third-order valence-electron chi connectivity index (χ3n) is 4.02. The monoisotopic (exact) mass is 276 g/mol. The van der Waals surface area contributed by atoms with Gasteiger partial charge >= 0.3 is 5.97 Å². The summed E-state index contributed by atoms with van der Waals surface area (Å²) in [6, 6.07) is 10.3. The van der Waals surface area contributed by atoms with Crippen LogP contribution in [0.4, 0.5) is 0 Å². The number of methoxy groups -OCH3 is 1. The minimum atomic E-state index is -0.221. The van der Waals surface area contributed by atoms with Crippen molar-refractivity contribution in [3.05, 3.63) is 35.9 Å². The number of nitrogens with zero attached hydrogens (tertiary/aromatic N) is 1. The number of esters is 1. The van der Waals surface area contributed by atoms with Gasteiger partial charge in [0.25, 0.3) is 0 Å². The zero-order valence-electron chi connectivity index (χ0n) is 12.3. The van der Waals surface area contributed by atoms with Crippen molar-refractivity contribution in [2.24, 2.45) is 0 Å². The van der Waals surface area contributed by atoms with Crippen LogP contribution in [0.5, 0.6) is 0 Å². The quantitative estimate of drug-likeness (QED) is 0.830. The number of benzene rings is 1. The Labute approximate surface area is 121 Å². The number of rotatable bonds is 5. The lowest BCUT2D eigenvalue weighted by atomic mass is 9.97. The van der Waals surface area contributed by atoms with Crippen molar-refractivity contribution in [2.45, 2.75) is 24.8 Å². The molecule has 1 aromatic rings. The lowest BCUT2D eigenvalue weighted by Gasteiger charge is -2.30. The first-order valence-corrected chi connectivity index (χ1v) is 7.25. The first kappa shape index (κ1) is 15.0. The van der Waals surface area contributed by atoms with Gasteiger partial charge in [0.05, 0.1) is 13.0 Å². The maximum absolute atomic E-state index is 12.0. The van der Waals surface area contributed by atoms with Gasteiger partial charge in [-0.05, 0) is 38.5 Å². The number of carbonyl (C=O) groups excluding carboxylic acids is 1. The largest absolute Gasteiger partial charge is 0.469 e. The van der Waals surface area contributed by atoms with E-state index in [1.807, 2.05) is 30.3 Å². The van der Waals surface area contributed by atoms with E-state index in [2.05, 4.69) is 17.3 Å². The van der Waals surface area contributed by atoms with E-state index in [4.69, 9.17) is 4.74 Å². The molecule has 4 nitrogen and oxygen atoms in total. The standard InChI is InChI=1S/C16H24N2O2/c1-18-10-8-14(9-11-18)17-12-15(16(19)20-2)13-6-4-3-5-7-13/h3-7,14-15,17H,8-12H2,1-2H3. The van der Waals surface area contributed by atoms with E-state index >= 15 is 0 Å². The minimum Gasteiger partial charge on any atom is -0.469 e. The van der Waals surface area contributed by atoms with Gasteiger partial charge in [0.15, 0.2) is 0 Å². The van der Waals surface area contributed by atoms with E-state index in [1.54, 1.807) is 0 Å². The third kappa shape index (κ3) is 4.05. The fraction of sp³-hybridized carbons (Fsp3) is 0.562. The summed E-state index contributed by atoms with van der Waals surface area (Å²) in [4.78, 5) is 14.3. The smallest absolute Gasteiger partial charge is 0.314 e. The molecule has 20 heavy (non-hydrogen) atoms. The number of hydrogen-bond donors (Lipinski definition) is 1. The fourth-order valence-electron chi connectivity index (χ4n) is 2.66. The highest BCUT2D eigenvalue weighted by molar-refractivity contribution is 5.78. The van der Waals surface area contributed by atoms with Gasteiger partial charge in [0, 0.05) is 12.6 Å². The van der Waals surface area contributed by atoms with Crippen molar-refractivity contribution in [2.75, 3.05) is 33.8 Å². The van der Waals surface area contributed by atoms with E-state index in [0.717, 1.165) is 31.5 Å². The Morgan fingerprint density at radius 1 is 1.35 bits per heavy atom. The minimum absolute atomic E-state index is 0.170. The first-order valence-electron chi connectivity index (χ1n) is 7.25. The molecule has 1 saturated heterocycles. The van der Waals surface area contributed by atoms with Gasteiger partial charge in [0.2, 0.25) is 0 Å². The van der Waals surface area contributed by atoms with E-state index in [-0.39, 0.29) is 11.9 Å². The highest BCUT2D eigenvalue weighted by Gasteiger charge is 2.23.